The minimum absolute atomic E-state index is 0.0831. The molecule has 0 aliphatic heterocycles. The lowest BCUT2D eigenvalue weighted by atomic mass is 10.1. The standard InChI is InChI=1S/C14H24N2O2/c15-8-9-17-10-11-18-12-14(16)7-6-13-4-2-1-3-5-13/h1-5,14H,6-12,15-16H2. The summed E-state index contributed by atoms with van der Waals surface area (Å²) in [6, 6.07) is 10.4. The van der Waals surface area contributed by atoms with Crippen LogP contribution in [0.25, 0.3) is 0 Å². The van der Waals surface area contributed by atoms with Crippen molar-refractivity contribution in [1.29, 1.82) is 0 Å². The zero-order valence-corrected chi connectivity index (χ0v) is 10.9. The summed E-state index contributed by atoms with van der Waals surface area (Å²) in [6.07, 6.45) is 1.93. The molecule has 1 unspecified atom stereocenters. The predicted molar refractivity (Wildman–Crippen MR) is 73.4 cm³/mol. The quantitative estimate of drug-likeness (QED) is 0.608. The van der Waals surface area contributed by atoms with E-state index in [0.29, 0.717) is 33.0 Å². The molecule has 4 heteroatoms. The summed E-state index contributed by atoms with van der Waals surface area (Å²) in [7, 11) is 0. The predicted octanol–water partition coefficient (Wildman–Crippen LogP) is 0.938. The Morgan fingerprint density at radius 3 is 2.44 bits per heavy atom. The van der Waals surface area contributed by atoms with Crippen LogP contribution in [0.15, 0.2) is 30.3 Å². The zero-order chi connectivity index (χ0) is 13.1. The summed E-state index contributed by atoms with van der Waals surface area (Å²) in [6.45, 7) is 2.89. The molecule has 1 aromatic carbocycles. The third kappa shape index (κ3) is 7.40. The molecule has 0 spiro atoms. The molecule has 0 aliphatic rings. The van der Waals surface area contributed by atoms with Crippen molar-refractivity contribution in [3.8, 4) is 0 Å². The van der Waals surface area contributed by atoms with Crippen LogP contribution >= 0.6 is 0 Å². The van der Waals surface area contributed by atoms with E-state index in [1.54, 1.807) is 0 Å². The van der Waals surface area contributed by atoms with Crippen molar-refractivity contribution < 1.29 is 9.47 Å². The Kier molecular flexibility index (Phi) is 8.42. The second-order valence-electron chi connectivity index (χ2n) is 4.26. The van der Waals surface area contributed by atoms with Crippen molar-refractivity contribution in [1.82, 2.24) is 0 Å². The second-order valence-corrected chi connectivity index (χ2v) is 4.26. The van der Waals surface area contributed by atoms with E-state index in [1.807, 2.05) is 18.2 Å². The number of hydrogen-bond acceptors (Lipinski definition) is 4. The summed E-state index contributed by atoms with van der Waals surface area (Å²) >= 11 is 0. The topological polar surface area (TPSA) is 70.5 Å². The van der Waals surface area contributed by atoms with E-state index < -0.39 is 0 Å². The van der Waals surface area contributed by atoms with E-state index in [9.17, 15) is 0 Å². The molecule has 0 bridgehead atoms. The van der Waals surface area contributed by atoms with Crippen LogP contribution in [0, 0.1) is 0 Å². The van der Waals surface area contributed by atoms with Crippen molar-refractivity contribution >= 4 is 0 Å². The van der Waals surface area contributed by atoms with Gasteiger partial charge in [-0.3, -0.25) is 0 Å². The van der Waals surface area contributed by atoms with E-state index in [0.717, 1.165) is 12.8 Å². The molecule has 4 N–H and O–H groups in total. The molecular formula is C14H24N2O2. The van der Waals surface area contributed by atoms with Crippen molar-refractivity contribution in [2.75, 3.05) is 33.0 Å². The van der Waals surface area contributed by atoms with E-state index in [1.165, 1.54) is 5.56 Å². The average Bonchev–Trinajstić information content (AvgIpc) is 2.41. The Labute approximate surface area is 109 Å². The summed E-state index contributed by atoms with van der Waals surface area (Å²) < 4.78 is 10.6. The SMILES string of the molecule is NCCOCCOCC(N)CCc1ccccc1. The number of rotatable bonds is 10. The van der Waals surface area contributed by atoms with E-state index in [2.05, 4.69) is 12.1 Å². The van der Waals surface area contributed by atoms with Crippen molar-refractivity contribution in [3.05, 3.63) is 35.9 Å². The summed E-state index contributed by atoms with van der Waals surface area (Å²) in [4.78, 5) is 0. The molecule has 0 saturated carbocycles. The zero-order valence-electron chi connectivity index (χ0n) is 10.9. The van der Waals surface area contributed by atoms with Crippen LogP contribution in [0.2, 0.25) is 0 Å². The lowest BCUT2D eigenvalue weighted by molar-refractivity contribution is 0.0447. The molecule has 0 radical (unpaired) electrons. The monoisotopic (exact) mass is 252 g/mol. The molecule has 1 atom stereocenters. The van der Waals surface area contributed by atoms with Gasteiger partial charge in [-0.1, -0.05) is 30.3 Å². The number of hydrogen-bond donors (Lipinski definition) is 2. The van der Waals surface area contributed by atoms with Crippen LogP contribution in [-0.4, -0.2) is 39.0 Å². The van der Waals surface area contributed by atoms with Crippen molar-refractivity contribution in [2.45, 2.75) is 18.9 Å². The summed E-state index contributed by atoms with van der Waals surface area (Å²) in [5.41, 5.74) is 12.6. The second kappa shape index (κ2) is 10.0. The van der Waals surface area contributed by atoms with Gasteiger partial charge < -0.3 is 20.9 Å². The highest BCUT2D eigenvalue weighted by atomic mass is 16.5. The molecular weight excluding hydrogens is 228 g/mol. The van der Waals surface area contributed by atoms with Gasteiger partial charge in [0.2, 0.25) is 0 Å². The minimum atomic E-state index is 0.0831. The van der Waals surface area contributed by atoms with Gasteiger partial charge in [0.15, 0.2) is 0 Å². The maximum Gasteiger partial charge on any atom is 0.0701 e. The van der Waals surface area contributed by atoms with Gasteiger partial charge in [-0.2, -0.15) is 0 Å². The largest absolute Gasteiger partial charge is 0.378 e. The fourth-order valence-corrected chi connectivity index (χ4v) is 1.62. The number of aryl methyl sites for hydroxylation is 1. The molecule has 102 valence electrons. The van der Waals surface area contributed by atoms with E-state index in [-0.39, 0.29) is 6.04 Å². The maximum absolute atomic E-state index is 5.98. The van der Waals surface area contributed by atoms with Gasteiger partial charge in [-0.25, -0.2) is 0 Å². The minimum Gasteiger partial charge on any atom is -0.378 e. The van der Waals surface area contributed by atoms with Gasteiger partial charge in [-0.05, 0) is 18.4 Å². The lowest BCUT2D eigenvalue weighted by Crippen LogP contribution is -2.27. The molecule has 0 amide bonds. The first kappa shape index (κ1) is 15.1. The van der Waals surface area contributed by atoms with Gasteiger partial charge in [0, 0.05) is 12.6 Å². The Balaban J connectivity index is 1.99. The first-order chi connectivity index (χ1) is 8.83. The first-order valence-electron chi connectivity index (χ1n) is 6.48. The fourth-order valence-electron chi connectivity index (χ4n) is 1.62. The normalized spacial score (nSPS) is 12.6. The number of ether oxygens (including phenoxy) is 2. The van der Waals surface area contributed by atoms with E-state index in [4.69, 9.17) is 20.9 Å². The molecule has 0 aliphatic carbocycles. The Morgan fingerprint density at radius 2 is 1.72 bits per heavy atom. The molecule has 4 nitrogen and oxygen atoms in total. The summed E-state index contributed by atoms with van der Waals surface area (Å²) in [5, 5.41) is 0. The first-order valence-corrected chi connectivity index (χ1v) is 6.48. The Morgan fingerprint density at radius 1 is 1.00 bits per heavy atom. The van der Waals surface area contributed by atoms with Crippen molar-refractivity contribution in [3.63, 3.8) is 0 Å². The highest BCUT2D eigenvalue weighted by Gasteiger charge is 2.03. The third-order valence-corrected chi connectivity index (χ3v) is 2.61. The van der Waals surface area contributed by atoms with Crippen LogP contribution in [0.1, 0.15) is 12.0 Å². The molecule has 18 heavy (non-hydrogen) atoms. The van der Waals surface area contributed by atoms with E-state index >= 15 is 0 Å². The summed E-state index contributed by atoms with van der Waals surface area (Å²) in [5.74, 6) is 0. The average molecular weight is 252 g/mol. The van der Waals surface area contributed by atoms with Crippen molar-refractivity contribution in [2.24, 2.45) is 11.5 Å². The number of nitrogens with two attached hydrogens (primary N) is 2. The highest BCUT2D eigenvalue weighted by Crippen LogP contribution is 2.04. The van der Waals surface area contributed by atoms with Crippen LogP contribution in [0.4, 0.5) is 0 Å². The molecule has 0 aromatic heterocycles. The molecule has 0 saturated heterocycles. The smallest absolute Gasteiger partial charge is 0.0701 e. The van der Waals surface area contributed by atoms with Crippen LogP contribution in [-0.2, 0) is 15.9 Å². The maximum atomic E-state index is 5.98. The highest BCUT2D eigenvalue weighted by molar-refractivity contribution is 5.14. The molecule has 1 rings (SSSR count). The Bertz CT molecular complexity index is 293. The van der Waals surface area contributed by atoms with Gasteiger partial charge in [0.05, 0.1) is 26.4 Å². The molecule has 0 fully saturated rings. The van der Waals surface area contributed by atoms with Crippen LogP contribution in [0.3, 0.4) is 0 Å². The third-order valence-electron chi connectivity index (χ3n) is 2.61. The van der Waals surface area contributed by atoms with Gasteiger partial charge in [-0.15, -0.1) is 0 Å². The fraction of sp³-hybridized carbons (Fsp3) is 0.571. The number of benzene rings is 1. The van der Waals surface area contributed by atoms with Gasteiger partial charge in [0.1, 0.15) is 0 Å². The lowest BCUT2D eigenvalue weighted by Gasteiger charge is -2.12. The van der Waals surface area contributed by atoms with Crippen LogP contribution in [0.5, 0.6) is 0 Å². The van der Waals surface area contributed by atoms with Crippen LogP contribution < -0.4 is 11.5 Å². The molecule has 0 heterocycles. The molecule has 1 aromatic rings. The Hall–Kier alpha value is -0.940. The van der Waals surface area contributed by atoms with Gasteiger partial charge >= 0.3 is 0 Å². The van der Waals surface area contributed by atoms with Gasteiger partial charge in [0.25, 0.3) is 0 Å².